The highest BCUT2D eigenvalue weighted by molar-refractivity contribution is 7.89. The number of hydrogen-bond acceptors (Lipinski definition) is 10. The molecule has 3 aliphatic rings. The summed E-state index contributed by atoms with van der Waals surface area (Å²) in [7, 11) is -1.85. The van der Waals surface area contributed by atoms with Crippen molar-refractivity contribution >= 4 is 56.1 Å². The number of anilines is 2. The summed E-state index contributed by atoms with van der Waals surface area (Å²) in [5, 5.41) is 7.05. The number of pyridine rings is 1. The molecule has 8 rings (SSSR count). The molecule has 3 fully saturated rings. The summed E-state index contributed by atoms with van der Waals surface area (Å²) >= 11 is 6.51. The van der Waals surface area contributed by atoms with Gasteiger partial charge < -0.3 is 19.5 Å². The molecule has 3 amide bonds. The van der Waals surface area contributed by atoms with Crippen LogP contribution >= 0.6 is 11.6 Å². The van der Waals surface area contributed by atoms with Crippen LogP contribution in [0.4, 0.5) is 16.2 Å². The molecular formula is C37H41ClN10O5S. The first kappa shape index (κ1) is 36.0. The fourth-order valence-corrected chi connectivity index (χ4v) is 9.07. The number of aromatic nitrogens is 5. The van der Waals surface area contributed by atoms with Gasteiger partial charge in [-0.2, -0.15) is 9.40 Å². The lowest BCUT2D eigenvalue weighted by molar-refractivity contribution is -0.120. The highest BCUT2D eigenvalue weighted by atomic mass is 35.5. The van der Waals surface area contributed by atoms with Crippen molar-refractivity contribution in [2.75, 3.05) is 62.2 Å². The predicted molar refractivity (Wildman–Crippen MR) is 204 cm³/mol. The standard InChI is InChI=1S/C37H41ClN10O5S/c1-24-30(23-44(2)43-24)35-41-33-34(31(38)21-39-36(33)42-35)53-28-7-9-29(10-8-28)54(51,52)47-19-17-45(18-20-47)22-25-11-14-46(15-12-25)26-3-5-27(6-4-26)48-16-13-32(49)40-37(48)50/h3-10,21,23,25H,11-20,22H2,1-2H3,(H,39,41,42)(H,40,49,50). The number of nitrogens with one attached hydrogen (secondary N) is 2. The maximum atomic E-state index is 13.6. The highest BCUT2D eigenvalue weighted by Gasteiger charge is 2.31. The summed E-state index contributed by atoms with van der Waals surface area (Å²) in [6, 6.07) is 14.0. The van der Waals surface area contributed by atoms with Crippen LogP contribution in [0.3, 0.4) is 0 Å². The zero-order valence-corrected chi connectivity index (χ0v) is 31.6. The Morgan fingerprint density at radius 2 is 1.63 bits per heavy atom. The number of piperidine rings is 1. The molecule has 0 atom stereocenters. The molecule has 0 spiro atoms. The van der Waals surface area contributed by atoms with E-state index in [4.69, 9.17) is 16.3 Å². The Hall–Kier alpha value is -5.03. The smallest absolute Gasteiger partial charge is 0.328 e. The monoisotopic (exact) mass is 772 g/mol. The van der Waals surface area contributed by atoms with Crippen molar-refractivity contribution in [2.24, 2.45) is 13.0 Å². The first-order chi connectivity index (χ1) is 26.0. The largest absolute Gasteiger partial charge is 0.453 e. The van der Waals surface area contributed by atoms with Crippen LogP contribution in [0, 0.1) is 12.8 Å². The average Bonchev–Trinajstić information content (AvgIpc) is 3.75. The summed E-state index contributed by atoms with van der Waals surface area (Å²) in [6.07, 6.45) is 5.75. The van der Waals surface area contributed by atoms with Gasteiger partial charge in [0.05, 0.1) is 22.3 Å². The molecule has 3 saturated heterocycles. The molecule has 2 aromatic carbocycles. The van der Waals surface area contributed by atoms with Gasteiger partial charge in [-0.1, -0.05) is 11.6 Å². The average molecular weight is 773 g/mol. The van der Waals surface area contributed by atoms with Gasteiger partial charge in [-0.15, -0.1) is 0 Å². The quantitative estimate of drug-likeness (QED) is 0.213. The van der Waals surface area contributed by atoms with Crippen LogP contribution in [-0.2, 0) is 21.9 Å². The number of halogens is 1. The van der Waals surface area contributed by atoms with Gasteiger partial charge in [-0.25, -0.2) is 23.2 Å². The molecule has 15 nitrogen and oxygen atoms in total. The number of urea groups is 1. The molecule has 3 aromatic heterocycles. The predicted octanol–water partition coefficient (Wildman–Crippen LogP) is 4.78. The Morgan fingerprint density at radius 1 is 0.926 bits per heavy atom. The lowest BCUT2D eigenvalue weighted by atomic mass is 9.95. The minimum atomic E-state index is -3.69. The van der Waals surface area contributed by atoms with Gasteiger partial charge in [0, 0.05) is 83.4 Å². The minimum absolute atomic E-state index is 0.208. The van der Waals surface area contributed by atoms with Crippen molar-refractivity contribution in [3.05, 3.63) is 71.6 Å². The van der Waals surface area contributed by atoms with Gasteiger partial charge in [0.2, 0.25) is 15.9 Å². The first-order valence-electron chi connectivity index (χ1n) is 18.0. The number of H-pyrrole nitrogens is 1. The number of ether oxygens (including phenoxy) is 1. The van der Waals surface area contributed by atoms with Crippen molar-refractivity contribution < 1.29 is 22.7 Å². The Kier molecular flexibility index (Phi) is 9.76. The van der Waals surface area contributed by atoms with Gasteiger partial charge in [0.15, 0.2) is 11.4 Å². The number of carbonyl (C=O) groups is 2. The molecule has 0 saturated carbocycles. The number of sulfonamides is 1. The fraction of sp³-hybridized carbons (Fsp3) is 0.378. The number of aromatic amines is 1. The van der Waals surface area contributed by atoms with E-state index in [0.717, 1.165) is 55.1 Å². The van der Waals surface area contributed by atoms with Gasteiger partial charge >= 0.3 is 6.03 Å². The second-order valence-corrected chi connectivity index (χ2v) is 16.3. The van der Waals surface area contributed by atoms with Crippen LogP contribution in [-0.4, -0.2) is 107 Å². The summed E-state index contributed by atoms with van der Waals surface area (Å²) in [5.74, 6) is 1.66. The molecule has 0 aliphatic carbocycles. The lowest BCUT2D eigenvalue weighted by Crippen LogP contribution is -2.50. The number of aryl methyl sites for hydroxylation is 2. The molecular weight excluding hydrogens is 732 g/mol. The van der Waals surface area contributed by atoms with Crippen LogP contribution in [0.15, 0.2) is 65.8 Å². The van der Waals surface area contributed by atoms with Crippen LogP contribution in [0.5, 0.6) is 11.5 Å². The van der Waals surface area contributed by atoms with Crippen molar-refractivity contribution in [1.29, 1.82) is 0 Å². The van der Waals surface area contributed by atoms with E-state index >= 15 is 0 Å². The lowest BCUT2D eigenvalue weighted by Gasteiger charge is -2.39. The van der Waals surface area contributed by atoms with E-state index in [0.29, 0.717) is 73.5 Å². The van der Waals surface area contributed by atoms with Gasteiger partial charge in [-0.3, -0.25) is 19.7 Å². The first-order valence-corrected chi connectivity index (χ1v) is 19.9. The van der Waals surface area contributed by atoms with Crippen molar-refractivity contribution in [1.82, 2.24) is 39.3 Å². The number of fused-ring (bicyclic) bond motifs is 1. The fourth-order valence-electron chi connectivity index (χ4n) is 7.46. The van der Waals surface area contributed by atoms with Gasteiger partial charge in [0.25, 0.3) is 0 Å². The topological polar surface area (TPSA) is 162 Å². The molecule has 0 unspecified atom stereocenters. The van der Waals surface area contributed by atoms with Crippen LogP contribution in [0.1, 0.15) is 25.0 Å². The molecule has 3 aliphatic heterocycles. The third-order valence-corrected chi connectivity index (χ3v) is 12.6. The number of rotatable bonds is 9. The molecule has 2 N–H and O–H groups in total. The number of imidazole rings is 1. The summed E-state index contributed by atoms with van der Waals surface area (Å²) < 4.78 is 36.7. The molecule has 17 heteroatoms. The van der Waals surface area contributed by atoms with Gasteiger partial charge in [-0.05, 0) is 74.2 Å². The van der Waals surface area contributed by atoms with E-state index in [1.54, 1.807) is 38.2 Å². The summed E-state index contributed by atoms with van der Waals surface area (Å²) in [4.78, 5) is 42.4. The molecule has 5 aromatic rings. The number of hydrogen-bond donors (Lipinski definition) is 2. The normalized spacial score (nSPS) is 18.1. The Labute approximate surface area is 317 Å². The number of piperazine rings is 1. The molecule has 0 bridgehead atoms. The molecule has 0 radical (unpaired) electrons. The Morgan fingerprint density at radius 3 is 2.30 bits per heavy atom. The van der Waals surface area contributed by atoms with Crippen molar-refractivity contribution in [2.45, 2.75) is 31.1 Å². The van der Waals surface area contributed by atoms with E-state index in [1.165, 1.54) is 6.20 Å². The zero-order chi connectivity index (χ0) is 37.6. The SMILES string of the molecule is Cc1nn(C)cc1-c1nc2ncc(Cl)c(Oc3ccc(S(=O)(=O)N4CCN(CC5CCN(c6ccc(N7CCC(=O)NC7=O)cc6)CC5)CC4)cc3)c2[nH]1. The maximum absolute atomic E-state index is 13.6. The number of benzene rings is 2. The van der Waals surface area contributed by atoms with E-state index in [1.807, 2.05) is 44.4 Å². The summed E-state index contributed by atoms with van der Waals surface area (Å²) in [5.41, 5.74) is 4.50. The second kappa shape index (κ2) is 14.7. The van der Waals surface area contributed by atoms with Crippen molar-refractivity contribution in [3.63, 3.8) is 0 Å². The highest BCUT2D eigenvalue weighted by Crippen LogP contribution is 2.37. The third-order valence-electron chi connectivity index (χ3n) is 10.4. The van der Waals surface area contributed by atoms with E-state index in [-0.39, 0.29) is 21.9 Å². The Balaban J connectivity index is 0.831. The number of nitrogens with zero attached hydrogens (tertiary/aromatic N) is 8. The Bertz CT molecular complexity index is 2300. The maximum Gasteiger partial charge on any atom is 0.328 e. The molecule has 54 heavy (non-hydrogen) atoms. The van der Waals surface area contributed by atoms with Crippen LogP contribution in [0.2, 0.25) is 5.02 Å². The third kappa shape index (κ3) is 7.25. The van der Waals surface area contributed by atoms with Gasteiger partial charge in [0.1, 0.15) is 22.1 Å². The summed E-state index contributed by atoms with van der Waals surface area (Å²) in [6.45, 7) is 7.31. The van der Waals surface area contributed by atoms with Crippen LogP contribution < -0.4 is 19.9 Å². The van der Waals surface area contributed by atoms with Crippen molar-refractivity contribution in [3.8, 4) is 22.9 Å². The van der Waals surface area contributed by atoms with Crippen LogP contribution in [0.25, 0.3) is 22.6 Å². The second-order valence-electron chi connectivity index (χ2n) is 14.0. The number of carbonyl (C=O) groups excluding carboxylic acids is 2. The molecule has 6 heterocycles. The minimum Gasteiger partial charge on any atom is -0.453 e. The van der Waals surface area contributed by atoms with E-state index in [2.05, 4.69) is 35.2 Å². The zero-order valence-electron chi connectivity index (χ0n) is 30.0. The van der Waals surface area contributed by atoms with E-state index in [9.17, 15) is 18.0 Å². The number of amides is 3. The van der Waals surface area contributed by atoms with E-state index < -0.39 is 10.0 Å². The number of imide groups is 1. The molecule has 282 valence electrons.